The standard InChI is InChI=1S/C7H7NO2/c1-2-6(9)5-3-8-4-7(5)10/h3-4H,2H2,1H3. The van der Waals surface area contributed by atoms with Crippen LogP contribution in [0.1, 0.15) is 13.3 Å². The molecule has 0 bridgehead atoms. The zero-order valence-electron chi connectivity index (χ0n) is 5.63. The fourth-order valence-corrected chi connectivity index (χ4v) is 0.713. The van der Waals surface area contributed by atoms with E-state index in [-0.39, 0.29) is 17.1 Å². The van der Waals surface area contributed by atoms with Crippen molar-refractivity contribution in [3.63, 3.8) is 0 Å². The van der Waals surface area contributed by atoms with Crippen LogP contribution in [0.25, 0.3) is 0 Å². The summed E-state index contributed by atoms with van der Waals surface area (Å²) in [7, 11) is 0. The molecule has 0 saturated carbocycles. The maximum Gasteiger partial charge on any atom is 0.209 e. The van der Waals surface area contributed by atoms with Gasteiger partial charge in [0, 0.05) is 12.6 Å². The molecule has 52 valence electrons. The van der Waals surface area contributed by atoms with Gasteiger partial charge < -0.3 is 0 Å². The Hall–Kier alpha value is -1.25. The minimum atomic E-state index is -0.271. The lowest BCUT2D eigenvalue weighted by Crippen LogP contribution is -2.09. The molecule has 1 rings (SSSR count). The fraction of sp³-hybridized carbons (Fsp3) is 0.286. The zero-order chi connectivity index (χ0) is 7.56. The lowest BCUT2D eigenvalue weighted by atomic mass is 10.1. The number of Topliss-reactive ketones (excluding diaryl/α,β-unsaturated/α-hetero) is 2. The number of carbonyl (C=O) groups is 2. The summed E-state index contributed by atoms with van der Waals surface area (Å²) >= 11 is 0. The predicted octanol–water partition coefficient (Wildman–Crippen LogP) is 0.503. The van der Waals surface area contributed by atoms with Gasteiger partial charge in [-0.25, -0.2) is 0 Å². The Morgan fingerprint density at radius 1 is 1.70 bits per heavy atom. The van der Waals surface area contributed by atoms with Crippen molar-refractivity contribution in [1.29, 1.82) is 0 Å². The Labute approximate surface area is 58.5 Å². The van der Waals surface area contributed by atoms with Gasteiger partial charge in [-0.05, 0) is 0 Å². The normalized spacial score (nSPS) is 15.7. The van der Waals surface area contributed by atoms with Crippen LogP contribution in [0.3, 0.4) is 0 Å². The van der Waals surface area contributed by atoms with Gasteiger partial charge in [-0.15, -0.1) is 0 Å². The third-order valence-corrected chi connectivity index (χ3v) is 1.28. The first kappa shape index (κ1) is 6.86. The van der Waals surface area contributed by atoms with E-state index >= 15 is 0 Å². The van der Waals surface area contributed by atoms with Crippen LogP contribution in [0.15, 0.2) is 16.8 Å². The van der Waals surface area contributed by atoms with Crippen LogP contribution < -0.4 is 0 Å². The SMILES string of the molecule is CCC(=O)C1=CN=CC1=O. The van der Waals surface area contributed by atoms with E-state index in [1.165, 1.54) is 6.20 Å². The fourth-order valence-electron chi connectivity index (χ4n) is 0.713. The summed E-state index contributed by atoms with van der Waals surface area (Å²) in [6.07, 6.45) is 2.83. The van der Waals surface area contributed by atoms with Crippen molar-refractivity contribution >= 4 is 17.8 Å². The van der Waals surface area contributed by atoms with E-state index in [0.29, 0.717) is 6.42 Å². The Kier molecular flexibility index (Phi) is 1.76. The predicted molar refractivity (Wildman–Crippen MR) is 36.9 cm³/mol. The largest absolute Gasteiger partial charge is 0.294 e. The summed E-state index contributed by atoms with van der Waals surface area (Å²) in [6.45, 7) is 1.72. The molecule has 0 unspecified atom stereocenters. The highest BCUT2D eigenvalue weighted by Gasteiger charge is 2.17. The minimum absolute atomic E-state index is 0.137. The number of carbonyl (C=O) groups excluding carboxylic acids is 2. The van der Waals surface area contributed by atoms with Gasteiger partial charge in [-0.1, -0.05) is 6.92 Å². The second-order valence-electron chi connectivity index (χ2n) is 1.96. The number of hydrogen-bond donors (Lipinski definition) is 0. The number of nitrogens with zero attached hydrogens (tertiary/aromatic N) is 1. The van der Waals surface area contributed by atoms with Crippen molar-refractivity contribution in [2.45, 2.75) is 13.3 Å². The van der Waals surface area contributed by atoms with E-state index in [9.17, 15) is 9.59 Å². The molecule has 1 aliphatic rings. The number of allylic oxidation sites excluding steroid dienone is 1. The molecule has 0 atom stereocenters. The molecule has 3 heteroatoms. The third-order valence-electron chi connectivity index (χ3n) is 1.28. The maximum absolute atomic E-state index is 10.9. The molecule has 0 radical (unpaired) electrons. The van der Waals surface area contributed by atoms with Crippen molar-refractivity contribution in [3.05, 3.63) is 11.8 Å². The summed E-state index contributed by atoms with van der Waals surface area (Å²) in [5.74, 6) is -0.408. The lowest BCUT2D eigenvalue weighted by Gasteiger charge is -1.91. The Morgan fingerprint density at radius 3 is 2.80 bits per heavy atom. The highest BCUT2D eigenvalue weighted by molar-refractivity contribution is 6.45. The summed E-state index contributed by atoms with van der Waals surface area (Å²) < 4.78 is 0. The van der Waals surface area contributed by atoms with E-state index in [1.54, 1.807) is 6.92 Å². The van der Waals surface area contributed by atoms with Gasteiger partial charge >= 0.3 is 0 Å². The van der Waals surface area contributed by atoms with Crippen LogP contribution in [-0.4, -0.2) is 17.8 Å². The van der Waals surface area contributed by atoms with Gasteiger partial charge in [-0.2, -0.15) is 0 Å². The molecule has 0 aliphatic carbocycles. The van der Waals surface area contributed by atoms with E-state index in [1.807, 2.05) is 0 Å². The number of rotatable bonds is 2. The molecular formula is C7H7NO2. The Balaban J connectivity index is 2.77. The first-order chi connectivity index (χ1) is 4.75. The molecule has 1 heterocycles. The molecule has 0 amide bonds. The first-order valence-electron chi connectivity index (χ1n) is 3.06. The van der Waals surface area contributed by atoms with Crippen LogP contribution in [0.4, 0.5) is 0 Å². The monoisotopic (exact) mass is 137 g/mol. The third kappa shape index (κ3) is 1.03. The Morgan fingerprint density at radius 2 is 2.40 bits per heavy atom. The topological polar surface area (TPSA) is 46.5 Å². The molecule has 0 fully saturated rings. The molecule has 0 aromatic carbocycles. The summed E-state index contributed by atoms with van der Waals surface area (Å²) in [4.78, 5) is 25.1. The number of aliphatic imine (C=N–C) groups is 1. The average molecular weight is 137 g/mol. The quantitative estimate of drug-likeness (QED) is 0.520. The number of ketones is 2. The van der Waals surface area contributed by atoms with Gasteiger partial charge in [0.15, 0.2) is 5.78 Å². The van der Waals surface area contributed by atoms with Gasteiger partial charge in [0.1, 0.15) is 0 Å². The van der Waals surface area contributed by atoms with Gasteiger partial charge in [0.05, 0.1) is 11.8 Å². The maximum atomic E-state index is 10.9. The highest BCUT2D eigenvalue weighted by atomic mass is 16.1. The molecule has 0 aromatic rings. The molecule has 10 heavy (non-hydrogen) atoms. The number of hydrogen-bond acceptors (Lipinski definition) is 3. The van der Waals surface area contributed by atoms with Gasteiger partial charge in [-0.3, -0.25) is 14.6 Å². The molecule has 3 nitrogen and oxygen atoms in total. The van der Waals surface area contributed by atoms with E-state index in [0.717, 1.165) is 6.21 Å². The Bertz CT molecular complexity index is 238. The van der Waals surface area contributed by atoms with Crippen molar-refractivity contribution in [2.75, 3.05) is 0 Å². The van der Waals surface area contributed by atoms with Crippen molar-refractivity contribution in [1.82, 2.24) is 0 Å². The van der Waals surface area contributed by atoms with Crippen molar-refractivity contribution < 1.29 is 9.59 Å². The van der Waals surface area contributed by atoms with Crippen LogP contribution in [-0.2, 0) is 9.59 Å². The zero-order valence-corrected chi connectivity index (χ0v) is 5.63. The van der Waals surface area contributed by atoms with Crippen molar-refractivity contribution in [3.8, 4) is 0 Å². The van der Waals surface area contributed by atoms with Crippen LogP contribution in [0.2, 0.25) is 0 Å². The van der Waals surface area contributed by atoms with Gasteiger partial charge in [0.2, 0.25) is 5.78 Å². The molecule has 0 aromatic heterocycles. The minimum Gasteiger partial charge on any atom is -0.294 e. The lowest BCUT2D eigenvalue weighted by molar-refractivity contribution is -0.118. The molecule has 0 saturated heterocycles. The van der Waals surface area contributed by atoms with Crippen LogP contribution in [0, 0.1) is 0 Å². The highest BCUT2D eigenvalue weighted by Crippen LogP contribution is 2.05. The van der Waals surface area contributed by atoms with E-state index in [4.69, 9.17) is 0 Å². The molecule has 1 aliphatic heterocycles. The average Bonchev–Trinajstić information content (AvgIpc) is 2.34. The molecule has 0 N–H and O–H groups in total. The van der Waals surface area contributed by atoms with E-state index < -0.39 is 0 Å². The van der Waals surface area contributed by atoms with Gasteiger partial charge in [0.25, 0.3) is 0 Å². The molecule has 0 spiro atoms. The smallest absolute Gasteiger partial charge is 0.209 e. The van der Waals surface area contributed by atoms with E-state index in [2.05, 4.69) is 4.99 Å². The summed E-state index contributed by atoms with van der Waals surface area (Å²) in [5, 5.41) is 0. The first-order valence-corrected chi connectivity index (χ1v) is 3.06. The second-order valence-corrected chi connectivity index (χ2v) is 1.96. The summed E-state index contributed by atoms with van der Waals surface area (Å²) in [6, 6.07) is 0. The van der Waals surface area contributed by atoms with Crippen LogP contribution in [0.5, 0.6) is 0 Å². The molecular weight excluding hydrogens is 130 g/mol. The second kappa shape index (κ2) is 2.56. The summed E-state index contributed by atoms with van der Waals surface area (Å²) in [5.41, 5.74) is 0.211. The van der Waals surface area contributed by atoms with Crippen molar-refractivity contribution in [2.24, 2.45) is 4.99 Å². The van der Waals surface area contributed by atoms with Crippen LogP contribution >= 0.6 is 0 Å².